The van der Waals surface area contributed by atoms with Crippen LogP contribution < -0.4 is 0 Å². The predicted octanol–water partition coefficient (Wildman–Crippen LogP) is 14.0. The quantitative estimate of drug-likeness (QED) is 0.160. The van der Waals surface area contributed by atoms with Gasteiger partial charge < -0.3 is 0 Å². The van der Waals surface area contributed by atoms with Crippen molar-refractivity contribution >= 4 is 0 Å². The number of fused-ring (bicyclic) bond motifs is 6. The van der Waals surface area contributed by atoms with Crippen molar-refractivity contribution in [1.82, 2.24) is 9.97 Å². The molecule has 0 N–H and O–H groups in total. The molecule has 0 bridgehead atoms. The first kappa shape index (κ1) is 33.9. The zero-order valence-corrected chi connectivity index (χ0v) is 32.2. The van der Waals surface area contributed by atoms with Crippen LogP contribution in [-0.2, 0) is 10.8 Å². The molecule has 1 aromatic heterocycles. The average molecular weight is 719 g/mol. The second-order valence-corrected chi connectivity index (χ2v) is 15.9. The van der Waals surface area contributed by atoms with Crippen molar-refractivity contribution in [2.45, 2.75) is 38.5 Å². The maximum atomic E-state index is 5.08. The Hall–Kier alpha value is -6.64. The molecule has 0 spiro atoms. The largest absolute Gasteiger partial charge is 0.228 e. The Morgan fingerprint density at radius 1 is 0.375 bits per heavy atom. The highest BCUT2D eigenvalue weighted by Crippen LogP contribution is 2.57. The van der Waals surface area contributed by atoms with Crippen molar-refractivity contribution in [2.24, 2.45) is 0 Å². The van der Waals surface area contributed by atoms with Gasteiger partial charge in [-0.05, 0) is 111 Å². The van der Waals surface area contributed by atoms with Crippen LogP contribution in [0.2, 0.25) is 0 Å². The van der Waals surface area contributed by atoms with E-state index in [9.17, 15) is 0 Å². The number of aromatic nitrogens is 2. The van der Waals surface area contributed by atoms with Crippen molar-refractivity contribution in [3.63, 3.8) is 0 Å². The molecule has 268 valence electrons. The van der Waals surface area contributed by atoms with Crippen LogP contribution >= 0.6 is 0 Å². The van der Waals surface area contributed by atoms with Gasteiger partial charge >= 0.3 is 0 Å². The van der Waals surface area contributed by atoms with E-state index in [0.717, 1.165) is 39.5 Å². The summed E-state index contributed by atoms with van der Waals surface area (Å²) in [4.78, 5) is 10.1. The second-order valence-electron chi connectivity index (χ2n) is 15.9. The summed E-state index contributed by atoms with van der Waals surface area (Å²) in [6.07, 6.45) is 4.59. The summed E-state index contributed by atoms with van der Waals surface area (Å²) < 4.78 is 0. The van der Waals surface area contributed by atoms with Gasteiger partial charge in [-0.2, -0.15) is 0 Å². The summed E-state index contributed by atoms with van der Waals surface area (Å²) >= 11 is 0. The highest BCUT2D eigenvalue weighted by atomic mass is 14.9. The molecule has 2 aliphatic carbocycles. The highest BCUT2D eigenvalue weighted by Gasteiger charge is 2.42. The van der Waals surface area contributed by atoms with Crippen molar-refractivity contribution in [3.05, 3.63) is 204 Å². The Kier molecular flexibility index (Phi) is 7.87. The Balaban J connectivity index is 1.01. The van der Waals surface area contributed by atoms with Crippen molar-refractivity contribution in [2.75, 3.05) is 0 Å². The summed E-state index contributed by atoms with van der Waals surface area (Å²) in [6, 6.07) is 61.4. The van der Waals surface area contributed by atoms with E-state index in [-0.39, 0.29) is 10.8 Å². The van der Waals surface area contributed by atoms with Gasteiger partial charge in [0.15, 0.2) is 5.82 Å². The first-order valence-electron chi connectivity index (χ1n) is 19.6. The summed E-state index contributed by atoms with van der Waals surface area (Å²) in [5.41, 5.74) is 20.5. The molecular formula is C54H42N2. The van der Waals surface area contributed by atoms with Crippen LogP contribution in [0.25, 0.3) is 78.4 Å². The SMILES string of the molecule is C/C=C\C1(C)c2ccc(-c3ccc(-c4cccc(-c5cc(-c6ccccc6)nc(-c6ccccc6)n5)c4)cc3)cc2-c2cc3c(cc21)-c1ccccc1C3(C)C. The van der Waals surface area contributed by atoms with Crippen LogP contribution in [0.3, 0.4) is 0 Å². The number of benzene rings is 7. The lowest BCUT2D eigenvalue weighted by molar-refractivity contribution is 0.660. The van der Waals surface area contributed by atoms with Gasteiger partial charge in [0.05, 0.1) is 11.4 Å². The predicted molar refractivity (Wildman–Crippen MR) is 233 cm³/mol. The molecule has 0 saturated carbocycles. The van der Waals surface area contributed by atoms with Crippen LogP contribution in [-0.4, -0.2) is 9.97 Å². The number of rotatable bonds is 6. The van der Waals surface area contributed by atoms with E-state index in [1.54, 1.807) is 0 Å². The minimum Gasteiger partial charge on any atom is -0.228 e. The van der Waals surface area contributed by atoms with Crippen LogP contribution in [0, 0.1) is 0 Å². The normalized spacial score (nSPS) is 16.0. The smallest absolute Gasteiger partial charge is 0.160 e. The fourth-order valence-corrected chi connectivity index (χ4v) is 9.24. The van der Waals surface area contributed by atoms with E-state index in [1.165, 1.54) is 61.2 Å². The lowest BCUT2D eigenvalue weighted by Gasteiger charge is -2.25. The van der Waals surface area contributed by atoms with E-state index >= 15 is 0 Å². The molecule has 2 nitrogen and oxygen atoms in total. The van der Waals surface area contributed by atoms with Gasteiger partial charge in [0, 0.05) is 27.5 Å². The zero-order valence-electron chi connectivity index (χ0n) is 32.2. The van der Waals surface area contributed by atoms with Crippen molar-refractivity contribution in [3.8, 4) is 78.4 Å². The number of hydrogen-bond acceptors (Lipinski definition) is 2. The van der Waals surface area contributed by atoms with Gasteiger partial charge in [-0.1, -0.05) is 166 Å². The van der Waals surface area contributed by atoms with Crippen LogP contribution in [0.5, 0.6) is 0 Å². The summed E-state index contributed by atoms with van der Waals surface area (Å²) in [7, 11) is 0. The zero-order chi connectivity index (χ0) is 38.0. The minimum absolute atomic E-state index is 0.0483. The van der Waals surface area contributed by atoms with Gasteiger partial charge in [0.1, 0.15) is 0 Å². The maximum Gasteiger partial charge on any atom is 0.160 e. The Labute approximate surface area is 329 Å². The highest BCUT2D eigenvalue weighted by molar-refractivity contribution is 5.92. The van der Waals surface area contributed by atoms with Crippen molar-refractivity contribution in [1.29, 1.82) is 0 Å². The first-order chi connectivity index (χ1) is 27.3. The molecule has 2 aliphatic rings. The van der Waals surface area contributed by atoms with E-state index < -0.39 is 0 Å². The van der Waals surface area contributed by atoms with Gasteiger partial charge in [-0.15, -0.1) is 0 Å². The molecule has 8 aromatic rings. The topological polar surface area (TPSA) is 25.8 Å². The molecule has 0 fully saturated rings. The van der Waals surface area contributed by atoms with Gasteiger partial charge in [0.25, 0.3) is 0 Å². The van der Waals surface area contributed by atoms with Gasteiger partial charge in [0.2, 0.25) is 0 Å². The van der Waals surface area contributed by atoms with Gasteiger partial charge in [-0.25, -0.2) is 9.97 Å². The fourth-order valence-electron chi connectivity index (χ4n) is 9.24. The lowest BCUT2D eigenvalue weighted by Crippen LogP contribution is -2.18. The maximum absolute atomic E-state index is 5.08. The average Bonchev–Trinajstić information content (AvgIpc) is 3.63. The molecule has 0 saturated heterocycles. The molecular weight excluding hydrogens is 677 g/mol. The fraction of sp³-hybridized carbons (Fsp3) is 0.111. The summed E-state index contributed by atoms with van der Waals surface area (Å²) in [5, 5.41) is 0. The van der Waals surface area contributed by atoms with Crippen LogP contribution in [0.4, 0.5) is 0 Å². The van der Waals surface area contributed by atoms with Gasteiger partial charge in [-0.3, -0.25) is 0 Å². The van der Waals surface area contributed by atoms with E-state index in [4.69, 9.17) is 9.97 Å². The molecule has 0 radical (unpaired) electrons. The Morgan fingerprint density at radius 2 is 0.911 bits per heavy atom. The van der Waals surface area contributed by atoms with E-state index in [2.05, 4.69) is 185 Å². The third-order valence-electron chi connectivity index (χ3n) is 12.2. The summed E-state index contributed by atoms with van der Waals surface area (Å²) in [6.45, 7) is 9.26. The monoisotopic (exact) mass is 718 g/mol. The lowest BCUT2D eigenvalue weighted by atomic mass is 9.78. The third-order valence-corrected chi connectivity index (χ3v) is 12.2. The van der Waals surface area contributed by atoms with Crippen molar-refractivity contribution < 1.29 is 0 Å². The molecule has 2 heteroatoms. The summed E-state index contributed by atoms with van der Waals surface area (Å²) in [5.74, 6) is 0.720. The van der Waals surface area contributed by atoms with Crippen LogP contribution in [0.1, 0.15) is 49.9 Å². The molecule has 10 rings (SSSR count). The second kappa shape index (κ2) is 13.0. The number of allylic oxidation sites excluding steroid dienone is 2. The van der Waals surface area contributed by atoms with Crippen LogP contribution in [0.15, 0.2) is 182 Å². The minimum atomic E-state index is -0.197. The molecule has 56 heavy (non-hydrogen) atoms. The molecule has 1 heterocycles. The molecule has 0 aliphatic heterocycles. The van der Waals surface area contributed by atoms with E-state index in [0.29, 0.717) is 0 Å². The number of hydrogen-bond donors (Lipinski definition) is 0. The molecule has 0 amide bonds. The van der Waals surface area contributed by atoms with E-state index in [1.807, 2.05) is 24.3 Å². The Morgan fingerprint density at radius 3 is 1.62 bits per heavy atom. The molecule has 1 unspecified atom stereocenters. The number of nitrogens with zero attached hydrogens (tertiary/aromatic N) is 2. The first-order valence-corrected chi connectivity index (χ1v) is 19.6. The Bertz CT molecular complexity index is 2770. The third kappa shape index (κ3) is 5.39. The standard InChI is InChI=1S/C54H42N2/c1-5-29-54(4)47-28-27-40(31-43(47)45-32-48-44(33-49(45)54)42-21-12-13-22-46(42)53(48,2)3)36-25-23-35(24-26-36)39-19-14-20-41(30-39)51-34-50(37-15-8-6-9-16-37)55-52(56-51)38-17-10-7-11-18-38/h5-34H,1-4H3/b29-5-. The molecule has 7 aromatic carbocycles. The molecule has 1 atom stereocenters.